The number of allylic oxidation sites excluding steroid dienone is 1. The van der Waals surface area contributed by atoms with Gasteiger partial charge in [-0.3, -0.25) is 0 Å². The van der Waals surface area contributed by atoms with Gasteiger partial charge >= 0.3 is 0 Å². The van der Waals surface area contributed by atoms with Crippen LogP contribution in [0.4, 0.5) is 0 Å². The number of nitriles is 1. The highest BCUT2D eigenvalue weighted by Gasteiger charge is 2.11. The third-order valence-electron chi connectivity index (χ3n) is 2.80. The van der Waals surface area contributed by atoms with E-state index in [0.29, 0.717) is 22.3 Å². The second kappa shape index (κ2) is 4.30. The fraction of sp³-hybridized carbons (Fsp3) is 0.167. The molecule has 0 amide bonds. The molecule has 2 heterocycles. The molecule has 2 aromatic heterocycles. The van der Waals surface area contributed by atoms with E-state index >= 15 is 0 Å². The Labute approximate surface area is 104 Å². The molecule has 2 rings (SSSR count). The third kappa shape index (κ3) is 1.72. The monoisotopic (exact) mass is 243 g/mol. The van der Waals surface area contributed by atoms with E-state index in [-0.39, 0.29) is 5.75 Å². The Morgan fingerprint density at radius 2 is 2.33 bits per heavy atom. The molecule has 0 saturated heterocycles. The van der Waals surface area contributed by atoms with Gasteiger partial charge in [-0.2, -0.15) is 10.4 Å². The van der Waals surface area contributed by atoms with Gasteiger partial charge in [-0.15, -0.1) is 0 Å². The first kappa shape index (κ1) is 11.8. The normalized spacial score (nSPS) is 12.1. The van der Waals surface area contributed by atoms with Crippen LogP contribution in [0.3, 0.4) is 0 Å². The van der Waals surface area contributed by atoms with Crippen LogP contribution in [0.5, 0.6) is 5.75 Å². The molecule has 0 atom stereocenters. The summed E-state index contributed by atoms with van der Waals surface area (Å²) >= 11 is 0. The second-order valence-electron chi connectivity index (χ2n) is 3.87. The lowest BCUT2D eigenvalue weighted by atomic mass is 10.1. The summed E-state index contributed by atoms with van der Waals surface area (Å²) in [4.78, 5) is 0. The first-order valence-electron chi connectivity index (χ1n) is 5.33. The largest absolute Gasteiger partial charge is 0.506 e. The number of pyridine rings is 1. The fourth-order valence-corrected chi connectivity index (χ4v) is 1.68. The maximum atomic E-state index is 9.95. The average molecular weight is 243 g/mol. The number of hydrogen-bond donors (Lipinski definition) is 3. The van der Waals surface area contributed by atoms with Crippen molar-refractivity contribution < 1.29 is 5.11 Å². The minimum absolute atomic E-state index is 0.0200. The average Bonchev–Trinajstić information content (AvgIpc) is 2.80. The molecule has 0 unspecified atom stereocenters. The lowest BCUT2D eigenvalue weighted by Gasteiger charge is -2.08. The number of aromatic hydroxyl groups is 1. The van der Waals surface area contributed by atoms with Gasteiger partial charge in [-0.1, -0.05) is 0 Å². The second-order valence-corrected chi connectivity index (χ2v) is 3.87. The van der Waals surface area contributed by atoms with Crippen molar-refractivity contribution in [3.63, 3.8) is 0 Å². The van der Waals surface area contributed by atoms with Crippen molar-refractivity contribution >= 4 is 11.2 Å². The highest BCUT2D eigenvalue weighted by Crippen LogP contribution is 2.25. The minimum atomic E-state index is -0.0200. The molecule has 2 aromatic rings. The van der Waals surface area contributed by atoms with E-state index in [2.05, 4.69) is 10.4 Å². The van der Waals surface area contributed by atoms with Gasteiger partial charge in [0.1, 0.15) is 22.9 Å². The number of nitrogens with zero attached hydrogens (tertiary/aromatic N) is 3. The summed E-state index contributed by atoms with van der Waals surface area (Å²) < 4.78 is 1.44. The highest BCUT2D eigenvalue weighted by atomic mass is 16.3. The quantitative estimate of drug-likeness (QED) is 0.723. The topological polar surface area (TPSA) is 99.4 Å². The zero-order valence-electron chi connectivity index (χ0n) is 10.1. The van der Waals surface area contributed by atoms with Gasteiger partial charge in [-0.05, 0) is 13.0 Å². The van der Waals surface area contributed by atoms with Gasteiger partial charge in [0.15, 0.2) is 0 Å². The zero-order chi connectivity index (χ0) is 13.3. The van der Waals surface area contributed by atoms with Crippen molar-refractivity contribution in [3.05, 3.63) is 35.3 Å². The summed E-state index contributed by atoms with van der Waals surface area (Å²) in [6.45, 7) is 1.83. The zero-order valence-corrected chi connectivity index (χ0v) is 10.1. The van der Waals surface area contributed by atoms with E-state index in [0.717, 1.165) is 5.70 Å². The third-order valence-corrected chi connectivity index (χ3v) is 2.80. The molecule has 0 bridgehead atoms. The maximum Gasteiger partial charge on any atom is 0.143 e. The molecule has 92 valence electrons. The van der Waals surface area contributed by atoms with Crippen LogP contribution >= 0.6 is 0 Å². The summed E-state index contributed by atoms with van der Waals surface area (Å²) in [5.74, 6) is -0.0200. The molecule has 0 aliphatic rings. The summed E-state index contributed by atoms with van der Waals surface area (Å²) in [7, 11) is 1.77. The van der Waals surface area contributed by atoms with Crippen molar-refractivity contribution in [2.75, 3.05) is 7.05 Å². The Morgan fingerprint density at radius 3 is 2.94 bits per heavy atom. The Balaban J connectivity index is 2.69. The summed E-state index contributed by atoms with van der Waals surface area (Å²) in [5, 5.41) is 25.8. The predicted molar refractivity (Wildman–Crippen MR) is 67.4 cm³/mol. The summed E-state index contributed by atoms with van der Waals surface area (Å²) in [5.41, 5.74) is 8.61. The highest BCUT2D eigenvalue weighted by molar-refractivity contribution is 5.74. The van der Waals surface area contributed by atoms with Gasteiger partial charge in [-0.25, -0.2) is 4.52 Å². The molecule has 0 spiro atoms. The number of fused-ring (bicyclic) bond motifs is 1. The molecule has 0 radical (unpaired) electrons. The lowest BCUT2D eigenvalue weighted by Crippen LogP contribution is -2.11. The predicted octanol–water partition coefficient (Wildman–Crippen LogP) is 0.778. The number of aromatic nitrogens is 2. The Hall–Kier alpha value is -2.68. The van der Waals surface area contributed by atoms with Gasteiger partial charge in [0, 0.05) is 24.5 Å². The van der Waals surface area contributed by atoms with Crippen LogP contribution in [0.2, 0.25) is 0 Å². The van der Waals surface area contributed by atoms with Crippen LogP contribution in [0.15, 0.2) is 24.2 Å². The molecule has 18 heavy (non-hydrogen) atoms. The number of hydrogen-bond acceptors (Lipinski definition) is 5. The van der Waals surface area contributed by atoms with E-state index in [1.165, 1.54) is 16.8 Å². The molecule has 6 nitrogen and oxygen atoms in total. The van der Waals surface area contributed by atoms with E-state index in [1.807, 2.05) is 13.0 Å². The van der Waals surface area contributed by atoms with Crippen LogP contribution in [-0.2, 0) is 0 Å². The molecular weight excluding hydrogens is 230 g/mol. The van der Waals surface area contributed by atoms with Gasteiger partial charge in [0.2, 0.25) is 0 Å². The molecule has 0 saturated carbocycles. The number of nitrogens with two attached hydrogens (primary N) is 1. The Bertz CT molecular complexity index is 678. The van der Waals surface area contributed by atoms with Crippen molar-refractivity contribution in [2.24, 2.45) is 5.73 Å². The molecular formula is C12H13N5O. The maximum absolute atomic E-state index is 9.95. The standard InChI is InChI=1S/C12H13N5O/c1-7(15-2)11(14)8-3-10(18)12-9(4-13)5-16-17(12)6-8/h3,5-6,15,18H,14H2,1-2H3/b11-7-. The van der Waals surface area contributed by atoms with Crippen molar-refractivity contribution in [1.82, 2.24) is 14.9 Å². The van der Waals surface area contributed by atoms with Crippen LogP contribution < -0.4 is 11.1 Å². The van der Waals surface area contributed by atoms with Gasteiger partial charge in [0.25, 0.3) is 0 Å². The minimum Gasteiger partial charge on any atom is -0.506 e. The fourth-order valence-electron chi connectivity index (χ4n) is 1.68. The van der Waals surface area contributed by atoms with E-state index < -0.39 is 0 Å². The molecule has 0 aliphatic heterocycles. The number of rotatable bonds is 2. The Kier molecular flexibility index (Phi) is 2.81. The van der Waals surface area contributed by atoms with Crippen LogP contribution in [0.1, 0.15) is 18.1 Å². The van der Waals surface area contributed by atoms with Crippen LogP contribution in [-0.4, -0.2) is 21.8 Å². The molecule has 0 aliphatic carbocycles. The smallest absolute Gasteiger partial charge is 0.143 e. The first-order chi connectivity index (χ1) is 8.58. The van der Waals surface area contributed by atoms with Crippen molar-refractivity contribution in [2.45, 2.75) is 6.92 Å². The number of nitrogens with one attached hydrogen (secondary N) is 1. The molecule has 6 heteroatoms. The van der Waals surface area contributed by atoms with Crippen molar-refractivity contribution in [3.8, 4) is 11.8 Å². The molecule has 0 fully saturated rings. The van der Waals surface area contributed by atoms with E-state index in [4.69, 9.17) is 11.0 Å². The molecule has 0 aromatic carbocycles. The lowest BCUT2D eigenvalue weighted by molar-refractivity contribution is 0.478. The summed E-state index contributed by atoms with van der Waals surface area (Å²) in [6.07, 6.45) is 3.08. The van der Waals surface area contributed by atoms with Gasteiger partial charge < -0.3 is 16.2 Å². The van der Waals surface area contributed by atoms with Crippen molar-refractivity contribution in [1.29, 1.82) is 5.26 Å². The van der Waals surface area contributed by atoms with E-state index in [1.54, 1.807) is 13.2 Å². The van der Waals surface area contributed by atoms with E-state index in [9.17, 15) is 5.11 Å². The molecule has 4 N–H and O–H groups in total. The van der Waals surface area contributed by atoms with Crippen LogP contribution in [0, 0.1) is 11.3 Å². The summed E-state index contributed by atoms with van der Waals surface area (Å²) in [6, 6.07) is 3.50. The SMILES string of the molecule is CN/C(C)=C(\N)c1cc(O)c2c(C#N)cnn2c1. The van der Waals surface area contributed by atoms with Crippen LogP contribution in [0.25, 0.3) is 11.2 Å². The van der Waals surface area contributed by atoms with Gasteiger partial charge in [0.05, 0.1) is 11.9 Å². The Morgan fingerprint density at radius 1 is 1.61 bits per heavy atom. The first-order valence-corrected chi connectivity index (χ1v) is 5.33.